The molecule has 0 radical (unpaired) electrons. The quantitative estimate of drug-likeness (QED) is 0.353. The third-order valence-corrected chi connectivity index (χ3v) is 5.17. The molecule has 0 aliphatic rings. The summed E-state index contributed by atoms with van der Waals surface area (Å²) in [4.78, 5) is 24.3. The van der Waals surface area contributed by atoms with Crippen molar-refractivity contribution in [3.8, 4) is 0 Å². The molecule has 0 saturated carbocycles. The van der Waals surface area contributed by atoms with E-state index in [2.05, 4.69) is 16.0 Å². The molecule has 0 heterocycles. The van der Waals surface area contributed by atoms with E-state index in [1.54, 1.807) is 42.5 Å². The first-order valence-corrected chi connectivity index (χ1v) is 10.4. The van der Waals surface area contributed by atoms with Gasteiger partial charge in [-0.3, -0.25) is 9.59 Å². The Balaban J connectivity index is 1.89. The molecule has 0 fully saturated rings. The van der Waals surface area contributed by atoms with Gasteiger partial charge in [0.1, 0.15) is 6.04 Å². The highest BCUT2D eigenvalue weighted by Gasteiger charge is 2.33. The lowest BCUT2D eigenvalue weighted by atomic mass is 10.1. The summed E-state index contributed by atoms with van der Waals surface area (Å²) in [6.07, 6.45) is -4.67. The number of hydrogen-bond donors (Lipinski definition) is 3. The SMILES string of the molecule is CC(=O)Nc1ccc(NC(C(=O)Nc2ccc(Cl)c(C(F)(F)F)c2)c2ccccc2)cc1Cl. The zero-order valence-electron chi connectivity index (χ0n) is 17.1. The topological polar surface area (TPSA) is 70.2 Å². The van der Waals surface area contributed by atoms with Crippen LogP contribution in [0.4, 0.5) is 30.2 Å². The smallest absolute Gasteiger partial charge is 0.370 e. The van der Waals surface area contributed by atoms with Gasteiger partial charge in [0.25, 0.3) is 5.91 Å². The molecule has 10 heteroatoms. The average Bonchev–Trinajstić information content (AvgIpc) is 2.74. The number of nitrogens with one attached hydrogen (secondary N) is 3. The second kappa shape index (κ2) is 10.1. The predicted molar refractivity (Wildman–Crippen MR) is 124 cm³/mol. The van der Waals surface area contributed by atoms with E-state index in [-0.39, 0.29) is 16.6 Å². The molecule has 0 aromatic heterocycles. The number of benzene rings is 3. The fourth-order valence-corrected chi connectivity index (χ4v) is 3.50. The minimum atomic E-state index is -4.67. The normalized spacial score (nSPS) is 12.1. The zero-order chi connectivity index (χ0) is 24.2. The van der Waals surface area contributed by atoms with Crippen LogP contribution in [-0.4, -0.2) is 11.8 Å². The van der Waals surface area contributed by atoms with Crippen LogP contribution in [0, 0.1) is 0 Å². The van der Waals surface area contributed by atoms with Crippen molar-refractivity contribution >= 4 is 52.1 Å². The van der Waals surface area contributed by atoms with Crippen LogP contribution >= 0.6 is 23.2 Å². The summed E-state index contributed by atoms with van der Waals surface area (Å²) in [6, 6.07) is 15.5. The average molecular weight is 496 g/mol. The number of alkyl halides is 3. The predicted octanol–water partition coefficient (Wildman–Crippen LogP) is 6.76. The summed E-state index contributed by atoms with van der Waals surface area (Å²) in [5.41, 5.74) is 0.327. The van der Waals surface area contributed by atoms with Gasteiger partial charge < -0.3 is 16.0 Å². The van der Waals surface area contributed by atoms with Gasteiger partial charge in [0.15, 0.2) is 0 Å². The standard InChI is InChI=1S/C23H18Cl2F3N3O2/c1-13(32)29-20-10-8-16(12-19(20)25)30-21(14-5-3-2-4-6-14)22(33)31-15-7-9-18(24)17(11-15)23(26,27)28/h2-12,21,30H,1H3,(H,29,32)(H,31,33). The molecule has 1 unspecified atom stereocenters. The summed E-state index contributed by atoms with van der Waals surface area (Å²) in [6.45, 7) is 1.35. The molecule has 5 nitrogen and oxygen atoms in total. The molecule has 3 rings (SSSR count). The van der Waals surface area contributed by atoms with Crippen molar-refractivity contribution in [2.45, 2.75) is 19.1 Å². The van der Waals surface area contributed by atoms with E-state index in [1.807, 2.05) is 0 Å². The lowest BCUT2D eigenvalue weighted by Crippen LogP contribution is -2.27. The Hall–Kier alpha value is -3.23. The molecular weight excluding hydrogens is 478 g/mol. The molecule has 0 aliphatic carbocycles. The molecular formula is C23H18Cl2F3N3O2. The minimum Gasteiger partial charge on any atom is -0.370 e. The molecule has 1 atom stereocenters. The largest absolute Gasteiger partial charge is 0.417 e. The van der Waals surface area contributed by atoms with E-state index in [4.69, 9.17) is 23.2 Å². The van der Waals surface area contributed by atoms with E-state index in [9.17, 15) is 22.8 Å². The van der Waals surface area contributed by atoms with Crippen LogP contribution < -0.4 is 16.0 Å². The molecule has 0 bridgehead atoms. The Kier molecular flexibility index (Phi) is 7.50. The highest BCUT2D eigenvalue weighted by atomic mass is 35.5. The van der Waals surface area contributed by atoms with Gasteiger partial charge in [-0.1, -0.05) is 53.5 Å². The molecule has 3 aromatic carbocycles. The molecule has 2 amide bonds. The second-order valence-electron chi connectivity index (χ2n) is 7.05. The Labute approximate surface area is 197 Å². The van der Waals surface area contributed by atoms with E-state index in [1.165, 1.54) is 19.1 Å². The molecule has 3 N–H and O–H groups in total. The minimum absolute atomic E-state index is 0.0569. The van der Waals surface area contributed by atoms with E-state index < -0.39 is 28.7 Å². The van der Waals surface area contributed by atoms with Gasteiger partial charge in [0.2, 0.25) is 5.91 Å². The van der Waals surface area contributed by atoms with Gasteiger partial charge in [-0.15, -0.1) is 0 Å². The number of carbonyl (C=O) groups excluding carboxylic acids is 2. The number of anilines is 3. The maximum absolute atomic E-state index is 13.2. The third-order valence-electron chi connectivity index (χ3n) is 4.53. The molecule has 0 aliphatic heterocycles. The van der Waals surface area contributed by atoms with Crippen LogP contribution in [0.2, 0.25) is 10.0 Å². The van der Waals surface area contributed by atoms with Gasteiger partial charge in [-0.05, 0) is 42.0 Å². The van der Waals surface area contributed by atoms with Crippen LogP contribution in [0.25, 0.3) is 0 Å². The lowest BCUT2D eigenvalue weighted by Gasteiger charge is -2.21. The Morgan fingerprint density at radius 2 is 1.52 bits per heavy atom. The Morgan fingerprint density at radius 1 is 0.848 bits per heavy atom. The summed E-state index contributed by atoms with van der Waals surface area (Å²) >= 11 is 11.9. The number of carbonyl (C=O) groups is 2. The van der Waals surface area contributed by atoms with Crippen LogP contribution in [-0.2, 0) is 15.8 Å². The zero-order valence-corrected chi connectivity index (χ0v) is 18.6. The van der Waals surface area contributed by atoms with Crippen molar-refractivity contribution in [2.75, 3.05) is 16.0 Å². The summed E-state index contributed by atoms with van der Waals surface area (Å²) in [7, 11) is 0. The van der Waals surface area contributed by atoms with Gasteiger partial charge in [0.05, 0.1) is 21.3 Å². The van der Waals surface area contributed by atoms with Gasteiger partial charge in [-0.25, -0.2) is 0 Å². The molecule has 172 valence electrons. The van der Waals surface area contributed by atoms with Crippen LogP contribution in [0.15, 0.2) is 66.7 Å². The van der Waals surface area contributed by atoms with Crippen molar-refractivity contribution in [1.29, 1.82) is 0 Å². The van der Waals surface area contributed by atoms with Gasteiger partial charge in [0, 0.05) is 18.3 Å². The van der Waals surface area contributed by atoms with Crippen LogP contribution in [0.5, 0.6) is 0 Å². The maximum atomic E-state index is 13.2. The maximum Gasteiger partial charge on any atom is 0.417 e. The number of amides is 2. The van der Waals surface area contributed by atoms with Gasteiger partial charge in [-0.2, -0.15) is 13.2 Å². The molecule has 33 heavy (non-hydrogen) atoms. The van der Waals surface area contributed by atoms with Crippen LogP contribution in [0.1, 0.15) is 24.1 Å². The lowest BCUT2D eigenvalue weighted by molar-refractivity contribution is -0.137. The van der Waals surface area contributed by atoms with Crippen molar-refractivity contribution in [2.24, 2.45) is 0 Å². The first-order chi connectivity index (χ1) is 15.5. The number of halogens is 5. The number of rotatable bonds is 6. The van der Waals surface area contributed by atoms with Crippen molar-refractivity contribution < 1.29 is 22.8 Å². The highest BCUT2D eigenvalue weighted by molar-refractivity contribution is 6.34. The first-order valence-electron chi connectivity index (χ1n) is 9.61. The summed E-state index contributed by atoms with van der Waals surface area (Å²) in [5, 5.41) is 7.90. The van der Waals surface area contributed by atoms with Crippen molar-refractivity contribution in [1.82, 2.24) is 0 Å². The second-order valence-corrected chi connectivity index (χ2v) is 7.86. The van der Waals surface area contributed by atoms with Crippen molar-refractivity contribution in [3.05, 3.63) is 87.9 Å². The third kappa shape index (κ3) is 6.40. The number of hydrogen-bond acceptors (Lipinski definition) is 3. The van der Waals surface area contributed by atoms with Gasteiger partial charge >= 0.3 is 6.18 Å². The van der Waals surface area contributed by atoms with Crippen molar-refractivity contribution in [3.63, 3.8) is 0 Å². The molecule has 3 aromatic rings. The van der Waals surface area contributed by atoms with E-state index in [0.29, 0.717) is 16.9 Å². The van der Waals surface area contributed by atoms with Crippen LogP contribution in [0.3, 0.4) is 0 Å². The Morgan fingerprint density at radius 3 is 2.12 bits per heavy atom. The summed E-state index contributed by atoms with van der Waals surface area (Å²) < 4.78 is 39.5. The highest BCUT2D eigenvalue weighted by Crippen LogP contribution is 2.36. The first kappa shape index (κ1) is 24.4. The van der Waals surface area contributed by atoms with E-state index in [0.717, 1.165) is 12.1 Å². The van der Waals surface area contributed by atoms with E-state index >= 15 is 0 Å². The Bertz CT molecular complexity index is 1170. The fourth-order valence-electron chi connectivity index (χ4n) is 3.04. The fraction of sp³-hybridized carbons (Fsp3) is 0.130. The molecule has 0 saturated heterocycles. The monoisotopic (exact) mass is 495 g/mol. The molecule has 0 spiro atoms. The summed E-state index contributed by atoms with van der Waals surface area (Å²) in [5.74, 6) is -0.890.